The van der Waals surface area contributed by atoms with E-state index in [1.807, 2.05) is 19.1 Å². The summed E-state index contributed by atoms with van der Waals surface area (Å²) < 4.78 is 26.0. The molecule has 1 N–H and O–H groups in total. The zero-order valence-electron chi connectivity index (χ0n) is 17.1. The van der Waals surface area contributed by atoms with Crippen molar-refractivity contribution in [2.45, 2.75) is 58.4 Å². The molecule has 0 unspecified atom stereocenters. The number of hydrogen-bond donors (Lipinski definition) is 1. The Labute approximate surface area is 168 Å². The summed E-state index contributed by atoms with van der Waals surface area (Å²) in [4.78, 5) is 12.9. The van der Waals surface area contributed by atoms with Gasteiger partial charge in [0.15, 0.2) is 0 Å². The van der Waals surface area contributed by atoms with Crippen LogP contribution in [0.5, 0.6) is 0 Å². The fourth-order valence-corrected chi connectivity index (χ4v) is 7.42. The predicted octanol–water partition coefficient (Wildman–Crippen LogP) is 3.48. The van der Waals surface area contributed by atoms with Crippen LogP contribution >= 0.6 is 0 Å². The van der Waals surface area contributed by atoms with E-state index in [0.29, 0.717) is 5.69 Å². The van der Waals surface area contributed by atoms with Gasteiger partial charge in [0.1, 0.15) is 6.54 Å². The van der Waals surface area contributed by atoms with Gasteiger partial charge in [0, 0.05) is 6.04 Å². The van der Waals surface area contributed by atoms with Crippen LogP contribution in [0.25, 0.3) is 0 Å². The van der Waals surface area contributed by atoms with E-state index in [4.69, 9.17) is 0 Å². The normalized spacial score (nSPS) is 32.2. The third kappa shape index (κ3) is 3.68. The molecular formula is C22H32N2O3S. The number of para-hydroxylation sites is 1. The number of anilines is 1. The molecule has 0 radical (unpaired) electrons. The number of nitrogens with zero attached hydrogens (tertiary/aromatic N) is 1. The molecule has 0 spiro atoms. The quantitative estimate of drug-likeness (QED) is 0.789. The van der Waals surface area contributed by atoms with E-state index in [9.17, 15) is 13.2 Å². The topological polar surface area (TPSA) is 66.5 Å². The number of amides is 1. The van der Waals surface area contributed by atoms with Crippen molar-refractivity contribution in [3.05, 3.63) is 29.8 Å². The molecule has 6 heteroatoms. The second kappa shape index (κ2) is 7.05. The van der Waals surface area contributed by atoms with Crippen LogP contribution in [0, 0.1) is 30.1 Å². The van der Waals surface area contributed by atoms with Crippen LogP contribution in [-0.2, 0) is 14.8 Å². The lowest BCUT2D eigenvalue weighted by atomic mass is 9.48. The molecule has 28 heavy (non-hydrogen) atoms. The standard InChI is InChI=1S/C22H32N2O3S/c1-15-6-4-5-7-20(15)24(28(3,26)27)14-21(25)23-16(2)22-11-17-8-18(12-22)10-19(9-17)13-22/h4-7,16-19H,8-14H2,1-3H3,(H,23,25)/t16-,17?,18?,19?,22?/m0/s1. The minimum Gasteiger partial charge on any atom is -0.352 e. The summed E-state index contributed by atoms with van der Waals surface area (Å²) in [6, 6.07) is 7.38. The van der Waals surface area contributed by atoms with Gasteiger partial charge in [-0.15, -0.1) is 0 Å². The first-order chi connectivity index (χ1) is 13.2. The lowest BCUT2D eigenvalue weighted by Gasteiger charge is -2.59. The molecule has 4 bridgehead atoms. The first-order valence-electron chi connectivity index (χ1n) is 10.5. The molecule has 1 atom stereocenters. The molecule has 5 rings (SSSR count). The molecule has 0 aromatic heterocycles. The number of carbonyl (C=O) groups is 1. The molecule has 1 aromatic carbocycles. The van der Waals surface area contributed by atoms with Crippen molar-refractivity contribution in [1.29, 1.82) is 0 Å². The Morgan fingerprint density at radius 1 is 1.14 bits per heavy atom. The summed E-state index contributed by atoms with van der Waals surface area (Å²) in [7, 11) is -3.54. The van der Waals surface area contributed by atoms with Gasteiger partial charge in [0.2, 0.25) is 15.9 Å². The van der Waals surface area contributed by atoms with E-state index in [2.05, 4.69) is 12.2 Å². The summed E-state index contributed by atoms with van der Waals surface area (Å²) in [5.74, 6) is 2.26. The van der Waals surface area contributed by atoms with Gasteiger partial charge in [-0.25, -0.2) is 8.42 Å². The van der Waals surface area contributed by atoms with Gasteiger partial charge in [-0.3, -0.25) is 9.10 Å². The van der Waals surface area contributed by atoms with Crippen LogP contribution < -0.4 is 9.62 Å². The first-order valence-corrected chi connectivity index (χ1v) is 12.3. The Morgan fingerprint density at radius 2 is 1.68 bits per heavy atom. The molecule has 0 saturated heterocycles. The molecule has 4 saturated carbocycles. The number of benzene rings is 1. The van der Waals surface area contributed by atoms with Crippen molar-refractivity contribution < 1.29 is 13.2 Å². The molecule has 1 amide bonds. The molecule has 4 fully saturated rings. The van der Waals surface area contributed by atoms with Crippen molar-refractivity contribution in [3.8, 4) is 0 Å². The number of hydrogen-bond acceptors (Lipinski definition) is 3. The van der Waals surface area contributed by atoms with Crippen molar-refractivity contribution in [1.82, 2.24) is 5.32 Å². The van der Waals surface area contributed by atoms with Crippen molar-refractivity contribution in [2.24, 2.45) is 23.2 Å². The van der Waals surface area contributed by atoms with Crippen molar-refractivity contribution in [2.75, 3.05) is 17.1 Å². The van der Waals surface area contributed by atoms with Gasteiger partial charge in [0.25, 0.3) is 0 Å². The van der Waals surface area contributed by atoms with Gasteiger partial charge in [0.05, 0.1) is 11.9 Å². The average molecular weight is 405 g/mol. The van der Waals surface area contributed by atoms with E-state index in [1.165, 1.54) is 42.8 Å². The van der Waals surface area contributed by atoms with Gasteiger partial charge in [-0.2, -0.15) is 0 Å². The molecule has 1 aromatic rings. The fraction of sp³-hybridized carbons (Fsp3) is 0.682. The van der Waals surface area contributed by atoms with Gasteiger partial charge < -0.3 is 5.32 Å². The van der Waals surface area contributed by atoms with E-state index in [-0.39, 0.29) is 23.9 Å². The second-order valence-electron chi connectivity index (χ2n) is 9.63. The molecule has 4 aliphatic carbocycles. The fourth-order valence-electron chi connectivity index (χ4n) is 6.50. The highest BCUT2D eigenvalue weighted by Crippen LogP contribution is 2.61. The maximum Gasteiger partial charge on any atom is 0.241 e. The maximum absolute atomic E-state index is 12.9. The van der Waals surface area contributed by atoms with E-state index in [1.54, 1.807) is 12.1 Å². The van der Waals surface area contributed by atoms with E-state index >= 15 is 0 Å². The Balaban J connectivity index is 1.48. The highest BCUT2D eigenvalue weighted by Gasteiger charge is 2.53. The SMILES string of the molecule is Cc1ccccc1N(CC(=O)N[C@@H](C)C12CC3CC(CC(C3)C1)C2)S(C)(=O)=O. The lowest BCUT2D eigenvalue weighted by Crippen LogP contribution is -2.57. The van der Waals surface area contributed by atoms with Crippen LogP contribution in [0.3, 0.4) is 0 Å². The first kappa shape index (κ1) is 19.7. The third-order valence-corrected chi connectivity index (χ3v) is 8.58. The van der Waals surface area contributed by atoms with Gasteiger partial charge in [-0.05, 0) is 87.2 Å². The number of nitrogens with one attached hydrogen (secondary N) is 1. The molecule has 0 aliphatic heterocycles. The zero-order chi connectivity index (χ0) is 20.1. The number of carbonyl (C=O) groups excluding carboxylic acids is 1. The molecule has 154 valence electrons. The van der Waals surface area contributed by atoms with Crippen LogP contribution in [0.4, 0.5) is 5.69 Å². The smallest absolute Gasteiger partial charge is 0.241 e. The van der Waals surface area contributed by atoms with Gasteiger partial charge >= 0.3 is 0 Å². The summed E-state index contributed by atoms with van der Waals surface area (Å²) in [6.07, 6.45) is 8.92. The Morgan fingerprint density at radius 3 is 2.18 bits per heavy atom. The van der Waals surface area contributed by atoms with Crippen LogP contribution in [0.15, 0.2) is 24.3 Å². The monoisotopic (exact) mass is 404 g/mol. The second-order valence-corrected chi connectivity index (χ2v) is 11.5. The van der Waals surface area contributed by atoms with E-state index < -0.39 is 10.0 Å². The third-order valence-electron chi connectivity index (χ3n) is 7.45. The Bertz CT molecular complexity index is 829. The molecular weight excluding hydrogens is 372 g/mol. The van der Waals surface area contributed by atoms with Crippen molar-refractivity contribution in [3.63, 3.8) is 0 Å². The highest BCUT2D eigenvalue weighted by molar-refractivity contribution is 7.92. The van der Waals surface area contributed by atoms with Crippen LogP contribution in [0.1, 0.15) is 51.0 Å². The minimum atomic E-state index is -3.54. The summed E-state index contributed by atoms with van der Waals surface area (Å²) in [5, 5.41) is 3.18. The highest BCUT2D eigenvalue weighted by atomic mass is 32.2. The predicted molar refractivity (Wildman–Crippen MR) is 112 cm³/mol. The largest absolute Gasteiger partial charge is 0.352 e. The number of rotatable bonds is 6. The Kier molecular flexibility index (Phi) is 4.97. The lowest BCUT2D eigenvalue weighted by molar-refractivity contribution is -0.124. The number of sulfonamides is 1. The Hall–Kier alpha value is -1.56. The maximum atomic E-state index is 12.9. The molecule has 0 heterocycles. The molecule has 5 nitrogen and oxygen atoms in total. The van der Waals surface area contributed by atoms with Crippen LogP contribution in [0.2, 0.25) is 0 Å². The molecule has 4 aliphatic rings. The minimum absolute atomic E-state index is 0.0895. The van der Waals surface area contributed by atoms with Gasteiger partial charge in [-0.1, -0.05) is 18.2 Å². The summed E-state index contributed by atoms with van der Waals surface area (Å²) >= 11 is 0. The average Bonchev–Trinajstić information content (AvgIpc) is 2.58. The van der Waals surface area contributed by atoms with Crippen LogP contribution in [-0.4, -0.2) is 33.2 Å². The van der Waals surface area contributed by atoms with Crippen molar-refractivity contribution >= 4 is 21.6 Å². The van der Waals surface area contributed by atoms with E-state index in [0.717, 1.165) is 29.6 Å². The zero-order valence-corrected chi connectivity index (χ0v) is 18.0. The number of aryl methyl sites for hydroxylation is 1. The summed E-state index contributed by atoms with van der Waals surface area (Å²) in [6.45, 7) is 3.83. The summed E-state index contributed by atoms with van der Waals surface area (Å²) in [5.41, 5.74) is 1.63.